The molecule has 1 fully saturated rings. The summed E-state index contributed by atoms with van der Waals surface area (Å²) in [7, 11) is 0. The summed E-state index contributed by atoms with van der Waals surface area (Å²) in [6.45, 7) is 12.9. The molecule has 0 aromatic heterocycles. The van der Waals surface area contributed by atoms with Crippen molar-refractivity contribution in [1.29, 1.82) is 0 Å². The molecule has 1 amide bonds. The molecule has 1 rings (SSSR count). The van der Waals surface area contributed by atoms with E-state index < -0.39 is 5.60 Å². The molecule has 0 aromatic rings. The van der Waals surface area contributed by atoms with E-state index in [4.69, 9.17) is 4.74 Å². The molecule has 0 spiro atoms. The Morgan fingerprint density at radius 1 is 1.24 bits per heavy atom. The summed E-state index contributed by atoms with van der Waals surface area (Å²) < 4.78 is 5.72. The second kappa shape index (κ2) is 7.73. The van der Waals surface area contributed by atoms with Crippen molar-refractivity contribution in [2.24, 2.45) is 0 Å². The lowest BCUT2D eigenvalue weighted by atomic mass is 10.1. The van der Waals surface area contributed by atoms with E-state index in [9.17, 15) is 4.79 Å². The number of hydrogen-bond acceptors (Lipinski definition) is 4. The first-order valence-electron chi connectivity index (χ1n) is 7.89. The molecule has 124 valence electrons. The zero-order chi connectivity index (χ0) is 16.1. The van der Waals surface area contributed by atoms with Crippen LogP contribution in [0.25, 0.3) is 0 Å². The molecule has 0 bridgehead atoms. The minimum absolute atomic E-state index is 0.174. The monoisotopic (exact) mass is 316 g/mol. The first kappa shape index (κ1) is 18.6. The van der Waals surface area contributed by atoms with Crippen LogP contribution in [0.4, 0.5) is 4.79 Å². The van der Waals surface area contributed by atoms with Crippen molar-refractivity contribution < 1.29 is 9.53 Å². The van der Waals surface area contributed by atoms with Gasteiger partial charge in [-0.05, 0) is 60.1 Å². The van der Waals surface area contributed by atoms with Crippen molar-refractivity contribution in [3.05, 3.63) is 0 Å². The number of nitrogens with one attached hydrogen (secondary N) is 1. The Labute approximate surface area is 134 Å². The smallest absolute Gasteiger partial charge is 0.410 e. The lowest BCUT2D eigenvalue weighted by molar-refractivity contribution is 0.0256. The summed E-state index contributed by atoms with van der Waals surface area (Å²) in [5, 5.41) is 3.66. The van der Waals surface area contributed by atoms with Crippen molar-refractivity contribution in [3.8, 4) is 0 Å². The molecule has 1 aliphatic heterocycles. The fourth-order valence-corrected chi connectivity index (χ4v) is 2.50. The van der Waals surface area contributed by atoms with Gasteiger partial charge in [0.1, 0.15) is 5.60 Å². The van der Waals surface area contributed by atoms with Crippen molar-refractivity contribution in [2.45, 2.75) is 70.3 Å². The van der Waals surface area contributed by atoms with E-state index in [2.05, 4.69) is 25.4 Å². The highest BCUT2D eigenvalue weighted by molar-refractivity contribution is 7.99. The van der Waals surface area contributed by atoms with Crippen LogP contribution < -0.4 is 5.32 Å². The summed E-state index contributed by atoms with van der Waals surface area (Å²) in [6.07, 6.45) is 5.15. The molecule has 1 aliphatic rings. The third-order valence-corrected chi connectivity index (χ3v) is 5.00. The number of thioether (sulfide) groups is 1. The largest absolute Gasteiger partial charge is 0.444 e. The van der Waals surface area contributed by atoms with Gasteiger partial charge in [0.25, 0.3) is 0 Å². The van der Waals surface area contributed by atoms with Gasteiger partial charge in [-0.15, -0.1) is 0 Å². The van der Waals surface area contributed by atoms with E-state index in [1.54, 1.807) is 0 Å². The Bertz CT molecular complexity index is 340. The molecule has 0 aliphatic carbocycles. The van der Waals surface area contributed by atoms with Gasteiger partial charge in [-0.3, -0.25) is 0 Å². The maximum Gasteiger partial charge on any atom is 0.410 e. The number of nitrogens with zero attached hydrogens (tertiary/aromatic N) is 1. The fraction of sp³-hybridized carbons (Fsp3) is 0.938. The predicted octanol–water partition coefficient (Wildman–Crippen LogP) is 3.51. The van der Waals surface area contributed by atoms with Gasteiger partial charge in [0.15, 0.2) is 0 Å². The molecule has 1 heterocycles. The summed E-state index contributed by atoms with van der Waals surface area (Å²) in [6, 6.07) is 0.504. The summed E-state index contributed by atoms with van der Waals surface area (Å²) in [5.74, 6) is 0. The standard InChI is InChI=1S/C16H32N2O2S/c1-15(2,3)20-14(19)18-10-7-8-13(9-11-18)17-12-16(4,5)21-6/h13,17H,7-12H2,1-6H3. The Balaban J connectivity index is 2.42. The first-order valence-corrected chi connectivity index (χ1v) is 9.12. The van der Waals surface area contributed by atoms with Gasteiger partial charge in [0.2, 0.25) is 0 Å². The average Bonchev–Trinajstić information content (AvgIpc) is 2.60. The van der Waals surface area contributed by atoms with Gasteiger partial charge < -0.3 is 15.0 Å². The summed E-state index contributed by atoms with van der Waals surface area (Å²) >= 11 is 1.89. The van der Waals surface area contributed by atoms with Crippen LogP contribution >= 0.6 is 11.8 Å². The number of ether oxygens (including phenoxy) is 1. The van der Waals surface area contributed by atoms with Gasteiger partial charge in [0.05, 0.1) is 0 Å². The van der Waals surface area contributed by atoms with Crippen LogP contribution in [0.1, 0.15) is 53.9 Å². The second-order valence-electron chi connectivity index (χ2n) is 7.44. The maximum absolute atomic E-state index is 12.1. The third-order valence-electron chi connectivity index (χ3n) is 3.75. The highest BCUT2D eigenvalue weighted by Gasteiger charge is 2.26. The van der Waals surface area contributed by atoms with Crippen LogP contribution in [-0.4, -0.2) is 53.3 Å². The van der Waals surface area contributed by atoms with Crippen LogP contribution in [0.15, 0.2) is 0 Å². The van der Waals surface area contributed by atoms with E-state index >= 15 is 0 Å². The van der Waals surface area contributed by atoms with E-state index in [1.807, 2.05) is 37.4 Å². The van der Waals surface area contributed by atoms with Gasteiger partial charge >= 0.3 is 6.09 Å². The Hall–Kier alpha value is -0.420. The van der Waals surface area contributed by atoms with Crippen molar-refractivity contribution in [3.63, 3.8) is 0 Å². The Kier molecular flexibility index (Phi) is 6.85. The number of likely N-dealkylation sites (tertiary alicyclic amines) is 1. The summed E-state index contributed by atoms with van der Waals surface area (Å²) in [5.41, 5.74) is -0.413. The zero-order valence-electron chi connectivity index (χ0n) is 14.5. The molecule has 0 saturated carbocycles. The molecule has 1 saturated heterocycles. The molecule has 0 aromatic carbocycles. The van der Waals surface area contributed by atoms with Crippen LogP contribution in [-0.2, 0) is 4.74 Å². The highest BCUT2D eigenvalue weighted by Crippen LogP contribution is 2.21. The SMILES string of the molecule is CSC(C)(C)CNC1CCCN(C(=O)OC(C)(C)C)CC1. The minimum Gasteiger partial charge on any atom is -0.444 e. The molecule has 21 heavy (non-hydrogen) atoms. The van der Waals surface area contributed by atoms with E-state index in [0.29, 0.717) is 6.04 Å². The molecular formula is C16H32N2O2S. The number of carbonyl (C=O) groups is 1. The van der Waals surface area contributed by atoms with Crippen molar-refractivity contribution in [2.75, 3.05) is 25.9 Å². The number of hydrogen-bond donors (Lipinski definition) is 1. The quantitative estimate of drug-likeness (QED) is 0.862. The first-order chi connectivity index (χ1) is 9.63. The molecule has 0 radical (unpaired) electrons. The lowest BCUT2D eigenvalue weighted by Gasteiger charge is -2.27. The lowest BCUT2D eigenvalue weighted by Crippen LogP contribution is -2.40. The Morgan fingerprint density at radius 2 is 1.90 bits per heavy atom. The number of carbonyl (C=O) groups excluding carboxylic acids is 1. The van der Waals surface area contributed by atoms with Gasteiger partial charge in [-0.25, -0.2) is 4.79 Å². The van der Waals surface area contributed by atoms with E-state index in [-0.39, 0.29) is 10.8 Å². The third kappa shape index (κ3) is 7.41. The predicted molar refractivity (Wildman–Crippen MR) is 91.0 cm³/mol. The van der Waals surface area contributed by atoms with Crippen LogP contribution in [0.5, 0.6) is 0 Å². The number of rotatable bonds is 4. The van der Waals surface area contributed by atoms with Crippen molar-refractivity contribution in [1.82, 2.24) is 10.2 Å². The zero-order valence-corrected chi connectivity index (χ0v) is 15.3. The normalized spacial score (nSPS) is 21.0. The molecule has 1 unspecified atom stereocenters. The minimum atomic E-state index is -0.413. The van der Waals surface area contributed by atoms with E-state index in [1.165, 1.54) is 0 Å². The second-order valence-corrected chi connectivity index (χ2v) is 8.95. The van der Waals surface area contributed by atoms with Crippen molar-refractivity contribution >= 4 is 17.9 Å². The molecule has 5 heteroatoms. The van der Waals surface area contributed by atoms with Gasteiger partial charge in [0, 0.05) is 30.4 Å². The van der Waals surface area contributed by atoms with Crippen LogP contribution in [0.2, 0.25) is 0 Å². The Morgan fingerprint density at radius 3 is 2.48 bits per heavy atom. The molecule has 1 N–H and O–H groups in total. The number of amides is 1. The highest BCUT2D eigenvalue weighted by atomic mass is 32.2. The molecule has 1 atom stereocenters. The van der Waals surface area contributed by atoms with Gasteiger partial charge in [-0.2, -0.15) is 11.8 Å². The molecule has 4 nitrogen and oxygen atoms in total. The maximum atomic E-state index is 12.1. The fourth-order valence-electron chi connectivity index (χ4n) is 2.27. The topological polar surface area (TPSA) is 41.6 Å². The van der Waals surface area contributed by atoms with Gasteiger partial charge in [-0.1, -0.05) is 0 Å². The average molecular weight is 317 g/mol. The summed E-state index contributed by atoms with van der Waals surface area (Å²) in [4.78, 5) is 14.0. The molecular weight excluding hydrogens is 284 g/mol. The van der Waals surface area contributed by atoms with E-state index in [0.717, 1.165) is 38.9 Å². The van der Waals surface area contributed by atoms with Crippen LogP contribution in [0.3, 0.4) is 0 Å². The van der Waals surface area contributed by atoms with Crippen LogP contribution in [0, 0.1) is 0 Å².